The maximum Gasteiger partial charge on any atom is 0.330 e. The highest BCUT2D eigenvalue weighted by Crippen LogP contribution is 2.26. The van der Waals surface area contributed by atoms with Gasteiger partial charge in [-0.15, -0.1) is 0 Å². The second-order valence-electron chi connectivity index (χ2n) is 3.60. The number of aromatic nitrogens is 2. The van der Waals surface area contributed by atoms with E-state index >= 15 is 0 Å². The van der Waals surface area contributed by atoms with Crippen molar-refractivity contribution in [3.8, 4) is 0 Å². The Morgan fingerprint density at radius 2 is 2.05 bits per heavy atom. The minimum absolute atomic E-state index is 0.0470. The fourth-order valence-electron chi connectivity index (χ4n) is 1.68. The zero-order valence-corrected chi connectivity index (χ0v) is 11.5. The molecule has 0 spiro atoms. The van der Waals surface area contributed by atoms with Crippen molar-refractivity contribution in [2.45, 2.75) is 39.0 Å². The third kappa shape index (κ3) is 5.37. The average Bonchev–Trinajstić information content (AvgIpc) is 2.90. The number of ether oxygens (including phenoxy) is 1. The van der Waals surface area contributed by atoms with Crippen LogP contribution in [0.2, 0.25) is 0 Å². The Morgan fingerprint density at radius 3 is 2.50 bits per heavy atom. The highest BCUT2D eigenvalue weighted by Gasteiger charge is 2.26. The fraction of sp³-hybridized carbons (Fsp3) is 0.583. The summed E-state index contributed by atoms with van der Waals surface area (Å²) in [5, 5.41) is 15.8. The molecule has 8 nitrogen and oxygen atoms in total. The van der Waals surface area contributed by atoms with E-state index in [2.05, 4.69) is 4.98 Å². The SMILES string of the molecule is CC.O=CO.O=c1ccn(C2CCC(CO)O2)c(=O)[nH]1. The van der Waals surface area contributed by atoms with Gasteiger partial charge in [0.05, 0.1) is 12.7 Å². The van der Waals surface area contributed by atoms with Gasteiger partial charge in [-0.2, -0.15) is 0 Å². The lowest BCUT2D eigenvalue weighted by atomic mass is 10.2. The first-order valence-electron chi connectivity index (χ1n) is 6.28. The largest absolute Gasteiger partial charge is 0.483 e. The molecule has 1 aromatic rings. The lowest BCUT2D eigenvalue weighted by molar-refractivity contribution is -0.122. The Kier molecular flexibility index (Phi) is 8.97. The number of H-pyrrole nitrogens is 1. The number of hydrogen-bond acceptors (Lipinski definition) is 5. The van der Waals surface area contributed by atoms with Crippen molar-refractivity contribution in [1.82, 2.24) is 9.55 Å². The molecular weight excluding hydrogens is 268 g/mol. The molecule has 1 saturated heterocycles. The summed E-state index contributed by atoms with van der Waals surface area (Å²) in [6.07, 6.45) is 2.19. The molecule has 1 aliphatic heterocycles. The molecule has 2 atom stereocenters. The third-order valence-corrected chi connectivity index (χ3v) is 2.45. The lowest BCUT2D eigenvalue weighted by Gasteiger charge is -2.13. The van der Waals surface area contributed by atoms with Crippen LogP contribution < -0.4 is 11.2 Å². The molecular formula is C12H20N2O6. The smallest absolute Gasteiger partial charge is 0.330 e. The van der Waals surface area contributed by atoms with Crippen molar-refractivity contribution in [3.63, 3.8) is 0 Å². The van der Waals surface area contributed by atoms with Crippen LogP contribution in [0.15, 0.2) is 21.9 Å². The van der Waals surface area contributed by atoms with Crippen molar-refractivity contribution in [2.24, 2.45) is 0 Å². The summed E-state index contributed by atoms with van der Waals surface area (Å²) in [5.41, 5.74) is -0.904. The molecule has 0 aliphatic carbocycles. The molecule has 114 valence electrons. The summed E-state index contributed by atoms with van der Waals surface area (Å²) in [5.74, 6) is 0. The third-order valence-electron chi connectivity index (χ3n) is 2.45. The van der Waals surface area contributed by atoms with E-state index in [4.69, 9.17) is 19.7 Å². The molecule has 2 rings (SSSR count). The van der Waals surface area contributed by atoms with Gasteiger partial charge in [-0.05, 0) is 12.8 Å². The summed E-state index contributed by atoms with van der Waals surface area (Å²) in [6, 6.07) is 1.27. The molecule has 8 heteroatoms. The van der Waals surface area contributed by atoms with E-state index in [0.717, 1.165) is 0 Å². The van der Waals surface area contributed by atoms with Crippen LogP contribution in [0.5, 0.6) is 0 Å². The predicted molar refractivity (Wildman–Crippen MR) is 71.6 cm³/mol. The Morgan fingerprint density at radius 1 is 1.45 bits per heavy atom. The average molecular weight is 288 g/mol. The van der Waals surface area contributed by atoms with E-state index in [9.17, 15) is 9.59 Å². The molecule has 1 aromatic heterocycles. The Bertz CT molecular complexity index is 495. The standard InChI is InChI=1S/C9H12N2O4.C2H6.CH2O2/c12-5-6-1-2-8(15-6)11-4-3-7(13)10-9(11)14;1-2;2-1-3/h3-4,6,8,12H,1-2,5H2,(H,10,13,14);1-2H3;1H,(H,2,3). The minimum Gasteiger partial charge on any atom is -0.483 e. The maximum absolute atomic E-state index is 11.4. The zero-order chi connectivity index (χ0) is 15.5. The number of nitrogens with one attached hydrogen (secondary N) is 1. The van der Waals surface area contributed by atoms with Crippen molar-refractivity contribution in [1.29, 1.82) is 0 Å². The van der Waals surface area contributed by atoms with E-state index in [1.54, 1.807) is 0 Å². The molecule has 0 bridgehead atoms. The van der Waals surface area contributed by atoms with Crippen LogP contribution in [0.4, 0.5) is 0 Å². The number of carboxylic acid groups (broad SMARTS) is 1. The van der Waals surface area contributed by atoms with Crippen molar-refractivity contribution < 1.29 is 19.7 Å². The van der Waals surface area contributed by atoms with Gasteiger partial charge < -0.3 is 14.9 Å². The fourth-order valence-corrected chi connectivity index (χ4v) is 1.68. The second-order valence-corrected chi connectivity index (χ2v) is 3.60. The van der Waals surface area contributed by atoms with Gasteiger partial charge in [0, 0.05) is 12.3 Å². The molecule has 1 aliphatic rings. The quantitative estimate of drug-likeness (QED) is 0.655. The number of carbonyl (C=O) groups is 1. The number of aromatic amines is 1. The van der Waals surface area contributed by atoms with Gasteiger partial charge in [0.15, 0.2) is 0 Å². The molecule has 3 N–H and O–H groups in total. The van der Waals surface area contributed by atoms with Gasteiger partial charge in [-0.25, -0.2) is 4.79 Å². The van der Waals surface area contributed by atoms with Crippen LogP contribution in [0.1, 0.15) is 32.9 Å². The Labute approximate surface area is 115 Å². The predicted octanol–water partition coefficient (Wildman–Crippen LogP) is -0.0665. The highest BCUT2D eigenvalue weighted by atomic mass is 16.5. The normalized spacial score (nSPS) is 20.1. The number of nitrogens with zero attached hydrogens (tertiary/aromatic N) is 1. The minimum atomic E-state index is -0.480. The second kappa shape index (κ2) is 9.93. The summed E-state index contributed by atoms with van der Waals surface area (Å²) in [7, 11) is 0. The summed E-state index contributed by atoms with van der Waals surface area (Å²) >= 11 is 0. The van der Waals surface area contributed by atoms with Crippen LogP contribution in [0.3, 0.4) is 0 Å². The molecule has 20 heavy (non-hydrogen) atoms. The zero-order valence-electron chi connectivity index (χ0n) is 11.5. The van der Waals surface area contributed by atoms with Gasteiger partial charge in [-0.3, -0.25) is 19.1 Å². The maximum atomic E-state index is 11.4. The summed E-state index contributed by atoms with van der Waals surface area (Å²) in [6.45, 7) is 3.70. The van der Waals surface area contributed by atoms with Crippen LogP contribution in [0, 0.1) is 0 Å². The number of rotatable bonds is 2. The van der Waals surface area contributed by atoms with Gasteiger partial charge in [0.2, 0.25) is 0 Å². The Balaban J connectivity index is 0.000000641. The molecule has 2 unspecified atom stereocenters. The Hall–Kier alpha value is -1.93. The molecule has 1 fully saturated rings. The van der Waals surface area contributed by atoms with E-state index in [-0.39, 0.29) is 25.4 Å². The van der Waals surface area contributed by atoms with E-state index in [0.29, 0.717) is 12.8 Å². The van der Waals surface area contributed by atoms with E-state index in [1.807, 2.05) is 13.8 Å². The first-order valence-corrected chi connectivity index (χ1v) is 6.28. The summed E-state index contributed by atoms with van der Waals surface area (Å²) < 4.78 is 6.74. The van der Waals surface area contributed by atoms with E-state index < -0.39 is 11.2 Å². The van der Waals surface area contributed by atoms with E-state index in [1.165, 1.54) is 16.8 Å². The molecule has 0 amide bonds. The highest BCUT2D eigenvalue weighted by molar-refractivity contribution is 5.32. The number of aliphatic hydroxyl groups excluding tert-OH is 1. The van der Waals surface area contributed by atoms with Crippen molar-refractivity contribution >= 4 is 6.47 Å². The van der Waals surface area contributed by atoms with Crippen molar-refractivity contribution in [3.05, 3.63) is 33.1 Å². The monoisotopic (exact) mass is 288 g/mol. The number of hydrogen-bond donors (Lipinski definition) is 3. The topological polar surface area (TPSA) is 122 Å². The van der Waals surface area contributed by atoms with Gasteiger partial charge in [0.25, 0.3) is 12.0 Å². The molecule has 0 aromatic carbocycles. The van der Waals surface area contributed by atoms with Gasteiger partial charge in [-0.1, -0.05) is 13.8 Å². The first-order chi connectivity index (χ1) is 9.62. The first kappa shape index (κ1) is 18.1. The lowest BCUT2D eigenvalue weighted by Crippen LogP contribution is -2.31. The molecule has 2 heterocycles. The molecule has 0 saturated carbocycles. The number of aliphatic hydroxyl groups is 1. The molecule has 0 radical (unpaired) electrons. The van der Waals surface area contributed by atoms with Crippen molar-refractivity contribution in [2.75, 3.05) is 6.61 Å². The summed E-state index contributed by atoms with van der Waals surface area (Å²) in [4.78, 5) is 32.7. The van der Waals surface area contributed by atoms with Crippen LogP contribution >= 0.6 is 0 Å². The van der Waals surface area contributed by atoms with Crippen LogP contribution in [-0.4, -0.2) is 38.9 Å². The van der Waals surface area contributed by atoms with Gasteiger partial charge >= 0.3 is 5.69 Å². The van der Waals surface area contributed by atoms with Gasteiger partial charge in [0.1, 0.15) is 6.23 Å². The van der Waals surface area contributed by atoms with Crippen LogP contribution in [-0.2, 0) is 9.53 Å². The van der Waals surface area contributed by atoms with Crippen LogP contribution in [0.25, 0.3) is 0 Å².